The van der Waals surface area contributed by atoms with E-state index in [9.17, 15) is 0 Å². The van der Waals surface area contributed by atoms with Crippen LogP contribution in [0.25, 0.3) is 0 Å². The van der Waals surface area contributed by atoms with Gasteiger partial charge in [-0.05, 0) is 65.5 Å². The van der Waals surface area contributed by atoms with Crippen LogP contribution in [0.2, 0.25) is 0 Å². The predicted octanol–water partition coefficient (Wildman–Crippen LogP) is 3.83. The molecule has 1 saturated heterocycles. The van der Waals surface area contributed by atoms with E-state index in [1.807, 2.05) is 13.0 Å². The molecular formula is C14H18BrNO. The molecular weight excluding hydrogens is 278 g/mol. The van der Waals surface area contributed by atoms with E-state index in [4.69, 9.17) is 4.74 Å². The summed E-state index contributed by atoms with van der Waals surface area (Å²) in [5, 5.41) is 3.49. The van der Waals surface area contributed by atoms with Gasteiger partial charge in [0.25, 0.3) is 0 Å². The minimum atomic E-state index is 0.501. The highest BCUT2D eigenvalue weighted by molar-refractivity contribution is 9.10. The first-order valence-corrected chi connectivity index (χ1v) is 6.76. The number of hydrogen-bond donors (Lipinski definition) is 1. The highest BCUT2D eigenvalue weighted by Gasteiger charge is 2.17. The molecule has 0 spiro atoms. The van der Waals surface area contributed by atoms with Crippen molar-refractivity contribution in [1.82, 2.24) is 5.32 Å². The monoisotopic (exact) mass is 295 g/mol. The van der Waals surface area contributed by atoms with Gasteiger partial charge in [0.1, 0.15) is 12.4 Å². The van der Waals surface area contributed by atoms with Crippen molar-refractivity contribution in [2.24, 2.45) is 0 Å². The van der Waals surface area contributed by atoms with Gasteiger partial charge in [-0.1, -0.05) is 12.6 Å². The summed E-state index contributed by atoms with van der Waals surface area (Å²) in [5.41, 5.74) is 2.36. The lowest BCUT2D eigenvalue weighted by Crippen LogP contribution is -2.12. The third-order valence-corrected chi connectivity index (χ3v) is 3.51. The highest BCUT2D eigenvalue weighted by Crippen LogP contribution is 2.31. The average molecular weight is 296 g/mol. The normalized spacial score (nSPS) is 19.3. The summed E-state index contributed by atoms with van der Waals surface area (Å²) >= 11 is 3.56. The van der Waals surface area contributed by atoms with Crippen LogP contribution in [-0.2, 0) is 0 Å². The lowest BCUT2D eigenvalue weighted by molar-refractivity contribution is 0.350. The van der Waals surface area contributed by atoms with Gasteiger partial charge in [0, 0.05) is 6.04 Å². The Morgan fingerprint density at radius 1 is 1.59 bits per heavy atom. The Balaban J connectivity index is 2.08. The maximum atomic E-state index is 5.65. The van der Waals surface area contributed by atoms with E-state index in [-0.39, 0.29) is 0 Å². The molecule has 2 rings (SSSR count). The van der Waals surface area contributed by atoms with Crippen LogP contribution in [-0.4, -0.2) is 13.2 Å². The number of hydrogen-bond acceptors (Lipinski definition) is 2. The minimum absolute atomic E-state index is 0.501. The van der Waals surface area contributed by atoms with E-state index >= 15 is 0 Å². The number of ether oxygens (including phenoxy) is 1. The van der Waals surface area contributed by atoms with E-state index in [2.05, 4.69) is 40.0 Å². The van der Waals surface area contributed by atoms with E-state index in [0.29, 0.717) is 12.6 Å². The van der Waals surface area contributed by atoms with Crippen molar-refractivity contribution >= 4 is 15.9 Å². The average Bonchev–Trinajstić information content (AvgIpc) is 2.80. The summed E-state index contributed by atoms with van der Waals surface area (Å²) in [6, 6.07) is 6.82. The lowest BCUT2D eigenvalue weighted by atomic mass is 10.1. The van der Waals surface area contributed by atoms with Crippen LogP contribution in [0.1, 0.15) is 31.4 Å². The fraction of sp³-hybridized carbons (Fsp3) is 0.429. The Hall–Kier alpha value is -0.800. The Morgan fingerprint density at radius 2 is 2.41 bits per heavy atom. The molecule has 0 bridgehead atoms. The summed E-state index contributed by atoms with van der Waals surface area (Å²) in [5.74, 6) is 0.884. The van der Waals surface area contributed by atoms with Crippen LogP contribution < -0.4 is 10.1 Å². The molecule has 0 saturated carbocycles. The van der Waals surface area contributed by atoms with Gasteiger partial charge in [-0.2, -0.15) is 0 Å². The summed E-state index contributed by atoms with van der Waals surface area (Å²) in [6.07, 6.45) is 2.48. The zero-order chi connectivity index (χ0) is 12.3. The van der Waals surface area contributed by atoms with E-state index < -0.39 is 0 Å². The van der Waals surface area contributed by atoms with Gasteiger partial charge in [0.15, 0.2) is 0 Å². The lowest BCUT2D eigenvalue weighted by Gasteiger charge is -2.13. The Bertz CT molecular complexity index is 411. The zero-order valence-corrected chi connectivity index (χ0v) is 11.7. The molecule has 1 atom stereocenters. The van der Waals surface area contributed by atoms with Gasteiger partial charge in [0.05, 0.1) is 4.47 Å². The fourth-order valence-electron chi connectivity index (χ4n) is 2.02. The topological polar surface area (TPSA) is 21.3 Å². The largest absolute Gasteiger partial charge is 0.488 e. The quantitative estimate of drug-likeness (QED) is 0.853. The summed E-state index contributed by atoms with van der Waals surface area (Å²) in [7, 11) is 0. The SMILES string of the molecule is C=C(C)COc1ccc(C2CCCN2)cc1Br. The summed E-state index contributed by atoms with van der Waals surface area (Å²) in [4.78, 5) is 0. The van der Waals surface area contributed by atoms with Crippen molar-refractivity contribution in [2.75, 3.05) is 13.2 Å². The number of rotatable bonds is 4. The molecule has 0 radical (unpaired) electrons. The van der Waals surface area contributed by atoms with Crippen LogP contribution in [0.4, 0.5) is 0 Å². The molecule has 0 aromatic heterocycles. The number of halogens is 1. The predicted molar refractivity (Wildman–Crippen MR) is 74.4 cm³/mol. The molecule has 1 fully saturated rings. The minimum Gasteiger partial charge on any atom is -0.488 e. The van der Waals surface area contributed by atoms with Gasteiger partial charge >= 0.3 is 0 Å². The molecule has 0 amide bonds. The second-order valence-corrected chi connectivity index (χ2v) is 5.44. The molecule has 1 heterocycles. The van der Waals surface area contributed by atoms with Gasteiger partial charge < -0.3 is 10.1 Å². The first kappa shape index (κ1) is 12.7. The maximum Gasteiger partial charge on any atom is 0.133 e. The zero-order valence-electron chi connectivity index (χ0n) is 10.1. The number of nitrogens with one attached hydrogen (secondary N) is 1. The molecule has 0 aliphatic carbocycles. The van der Waals surface area contributed by atoms with Crippen LogP contribution in [0.3, 0.4) is 0 Å². The molecule has 1 aliphatic heterocycles. The van der Waals surface area contributed by atoms with Gasteiger partial charge in [0.2, 0.25) is 0 Å². The highest BCUT2D eigenvalue weighted by atomic mass is 79.9. The van der Waals surface area contributed by atoms with E-state index in [1.54, 1.807) is 0 Å². The smallest absolute Gasteiger partial charge is 0.133 e. The standard InChI is InChI=1S/C14H18BrNO/c1-10(2)9-17-14-6-5-11(8-12(14)15)13-4-3-7-16-13/h5-6,8,13,16H,1,3-4,7,9H2,2H3. The molecule has 1 aliphatic rings. The molecule has 2 nitrogen and oxygen atoms in total. The van der Waals surface area contributed by atoms with E-state index in [0.717, 1.165) is 22.3 Å². The van der Waals surface area contributed by atoms with Crippen LogP contribution in [0.5, 0.6) is 5.75 Å². The first-order chi connectivity index (χ1) is 8.16. The number of benzene rings is 1. The van der Waals surface area contributed by atoms with E-state index in [1.165, 1.54) is 18.4 Å². The Labute approximate surface area is 111 Å². The molecule has 1 aromatic rings. The van der Waals surface area contributed by atoms with Gasteiger partial charge in [-0.25, -0.2) is 0 Å². The van der Waals surface area contributed by atoms with Crippen molar-refractivity contribution in [2.45, 2.75) is 25.8 Å². The van der Waals surface area contributed by atoms with Gasteiger partial charge in [-0.15, -0.1) is 0 Å². The second kappa shape index (κ2) is 5.69. The second-order valence-electron chi connectivity index (χ2n) is 4.58. The van der Waals surface area contributed by atoms with Crippen molar-refractivity contribution in [3.63, 3.8) is 0 Å². The Morgan fingerprint density at radius 3 is 3.00 bits per heavy atom. The third kappa shape index (κ3) is 3.33. The molecule has 1 aromatic carbocycles. The van der Waals surface area contributed by atoms with Crippen molar-refractivity contribution < 1.29 is 4.74 Å². The molecule has 92 valence electrons. The van der Waals surface area contributed by atoms with Gasteiger partial charge in [-0.3, -0.25) is 0 Å². The van der Waals surface area contributed by atoms with Crippen molar-refractivity contribution in [3.8, 4) is 5.75 Å². The third-order valence-electron chi connectivity index (χ3n) is 2.89. The maximum absolute atomic E-state index is 5.65. The molecule has 1 unspecified atom stereocenters. The molecule has 1 N–H and O–H groups in total. The van der Waals surface area contributed by atoms with Crippen molar-refractivity contribution in [3.05, 3.63) is 40.4 Å². The molecule has 17 heavy (non-hydrogen) atoms. The Kier molecular flexibility index (Phi) is 4.24. The fourth-order valence-corrected chi connectivity index (χ4v) is 2.53. The summed E-state index contributed by atoms with van der Waals surface area (Å²) < 4.78 is 6.67. The van der Waals surface area contributed by atoms with Crippen molar-refractivity contribution in [1.29, 1.82) is 0 Å². The first-order valence-electron chi connectivity index (χ1n) is 5.97. The summed E-state index contributed by atoms with van der Waals surface area (Å²) in [6.45, 7) is 7.48. The van der Waals surface area contributed by atoms with Crippen LogP contribution in [0.15, 0.2) is 34.8 Å². The van der Waals surface area contributed by atoms with Crippen LogP contribution in [0, 0.1) is 0 Å². The molecule has 3 heteroatoms. The van der Waals surface area contributed by atoms with Crippen LogP contribution >= 0.6 is 15.9 Å².